The predicted octanol–water partition coefficient (Wildman–Crippen LogP) is 2.70. The van der Waals surface area contributed by atoms with Gasteiger partial charge in [-0.05, 0) is 12.1 Å². The number of nitrogens with zero attached hydrogens (tertiary/aromatic N) is 4. The first-order valence-electron chi connectivity index (χ1n) is 8.10. The third kappa shape index (κ3) is 3.55. The molecule has 26 heavy (non-hydrogen) atoms. The van der Waals surface area contributed by atoms with Crippen LogP contribution in [0, 0.1) is 5.82 Å². The second-order valence-electron chi connectivity index (χ2n) is 5.81. The molecule has 4 rings (SSSR count). The van der Waals surface area contributed by atoms with Crippen molar-refractivity contribution >= 4 is 17.2 Å². The van der Waals surface area contributed by atoms with Crippen molar-refractivity contribution in [1.29, 1.82) is 0 Å². The summed E-state index contributed by atoms with van der Waals surface area (Å²) in [6, 6.07) is 6.13. The average molecular weight is 370 g/mol. The molecule has 0 radical (unpaired) electrons. The van der Waals surface area contributed by atoms with E-state index in [1.165, 1.54) is 23.5 Å². The van der Waals surface area contributed by atoms with Gasteiger partial charge in [-0.25, -0.2) is 19.3 Å². The number of fused-ring (bicyclic) bond motifs is 1. The number of thiazole rings is 1. The van der Waals surface area contributed by atoms with Gasteiger partial charge in [0.15, 0.2) is 10.8 Å². The second kappa shape index (κ2) is 7.17. The molecule has 3 aromatic rings. The Morgan fingerprint density at radius 3 is 3.00 bits per heavy atom. The van der Waals surface area contributed by atoms with Crippen LogP contribution in [0.15, 0.2) is 42.0 Å². The number of hydrogen-bond donors (Lipinski definition) is 0. The number of hydrogen-bond acceptors (Lipinski definition) is 6. The molecule has 8 heteroatoms. The number of carbonyl (C=O) groups excluding carboxylic acids is 1. The molecule has 1 aromatic carbocycles. The number of aromatic nitrogens is 3. The van der Waals surface area contributed by atoms with Crippen LogP contribution >= 0.6 is 11.3 Å². The first kappa shape index (κ1) is 16.6. The Balaban J connectivity index is 1.47. The fourth-order valence-electron chi connectivity index (χ4n) is 2.72. The van der Waals surface area contributed by atoms with E-state index < -0.39 is 0 Å². The normalized spacial score (nSPS) is 13.7. The highest BCUT2D eigenvalue weighted by atomic mass is 32.1. The van der Waals surface area contributed by atoms with Gasteiger partial charge in [0, 0.05) is 35.9 Å². The van der Waals surface area contributed by atoms with Crippen LogP contribution in [0.5, 0.6) is 5.75 Å². The number of ether oxygens (including phenoxy) is 1. The van der Waals surface area contributed by atoms with Gasteiger partial charge in [0.2, 0.25) is 5.91 Å². The van der Waals surface area contributed by atoms with Crippen LogP contribution in [0.3, 0.4) is 0 Å². The minimum absolute atomic E-state index is 0.0448. The van der Waals surface area contributed by atoms with Crippen molar-refractivity contribution in [2.24, 2.45) is 0 Å². The van der Waals surface area contributed by atoms with Gasteiger partial charge in [-0.3, -0.25) is 4.79 Å². The number of halogens is 1. The molecule has 0 saturated heterocycles. The lowest BCUT2D eigenvalue weighted by Crippen LogP contribution is -2.33. The maximum Gasteiger partial charge on any atom is 0.229 e. The summed E-state index contributed by atoms with van der Waals surface area (Å²) in [5, 5.41) is 2.54. The Hall–Kier alpha value is -2.87. The van der Waals surface area contributed by atoms with Crippen LogP contribution in [0.4, 0.5) is 4.39 Å². The summed E-state index contributed by atoms with van der Waals surface area (Å²) in [5.74, 6) is 0.658. The van der Waals surface area contributed by atoms with Crippen LogP contribution in [0.25, 0.3) is 10.8 Å². The molecule has 2 aromatic heterocycles. The van der Waals surface area contributed by atoms with Gasteiger partial charge in [-0.2, -0.15) is 0 Å². The number of rotatable bonds is 3. The Morgan fingerprint density at radius 2 is 2.15 bits per heavy atom. The summed E-state index contributed by atoms with van der Waals surface area (Å²) < 4.78 is 18.9. The van der Waals surface area contributed by atoms with Gasteiger partial charge in [0.05, 0.1) is 18.7 Å². The number of carbonyl (C=O) groups is 1. The summed E-state index contributed by atoms with van der Waals surface area (Å²) in [6.07, 6.45) is 3.51. The zero-order chi connectivity index (χ0) is 17.9. The van der Waals surface area contributed by atoms with Crippen LogP contribution < -0.4 is 4.74 Å². The molecule has 1 aliphatic heterocycles. The Labute approximate surface area is 153 Å². The van der Waals surface area contributed by atoms with Crippen LogP contribution in [-0.2, 0) is 17.8 Å². The smallest absolute Gasteiger partial charge is 0.229 e. The highest BCUT2D eigenvalue weighted by molar-refractivity contribution is 7.13. The molecule has 0 bridgehead atoms. The predicted molar refractivity (Wildman–Crippen MR) is 94.2 cm³/mol. The minimum atomic E-state index is -0.346. The SMILES string of the molecule is O=C(Cc1csc(-c2ncccn2)n1)N1CCOc2cc(F)ccc2C1. The summed E-state index contributed by atoms with van der Waals surface area (Å²) in [7, 11) is 0. The van der Waals surface area contributed by atoms with Crippen molar-refractivity contribution < 1.29 is 13.9 Å². The molecule has 0 aliphatic carbocycles. The van der Waals surface area contributed by atoms with Crippen molar-refractivity contribution in [2.45, 2.75) is 13.0 Å². The standard InChI is InChI=1S/C18H15FN4O2S/c19-13-3-2-12-10-23(6-7-25-15(12)8-13)16(24)9-14-11-26-18(22-14)17-20-4-1-5-21-17/h1-5,8,11H,6-7,9-10H2. The molecule has 1 amide bonds. The van der Waals surface area contributed by atoms with Crippen molar-refractivity contribution in [3.63, 3.8) is 0 Å². The largest absolute Gasteiger partial charge is 0.491 e. The molecule has 0 spiro atoms. The summed E-state index contributed by atoms with van der Waals surface area (Å²) in [4.78, 5) is 27.2. The highest BCUT2D eigenvalue weighted by Gasteiger charge is 2.21. The van der Waals surface area contributed by atoms with E-state index in [2.05, 4.69) is 15.0 Å². The van der Waals surface area contributed by atoms with Crippen molar-refractivity contribution in [3.05, 3.63) is 59.1 Å². The molecule has 3 heterocycles. The number of benzene rings is 1. The lowest BCUT2D eigenvalue weighted by atomic mass is 10.2. The van der Waals surface area contributed by atoms with Crippen LogP contribution in [0.1, 0.15) is 11.3 Å². The van der Waals surface area contributed by atoms with E-state index in [0.29, 0.717) is 42.0 Å². The van der Waals surface area contributed by atoms with E-state index in [0.717, 1.165) is 5.56 Å². The van der Waals surface area contributed by atoms with Crippen molar-refractivity contribution in [2.75, 3.05) is 13.2 Å². The summed E-state index contributed by atoms with van der Waals surface area (Å²) in [6.45, 7) is 1.18. The second-order valence-corrected chi connectivity index (χ2v) is 6.67. The topological polar surface area (TPSA) is 68.2 Å². The van der Waals surface area contributed by atoms with E-state index >= 15 is 0 Å². The Morgan fingerprint density at radius 1 is 1.31 bits per heavy atom. The first-order valence-corrected chi connectivity index (χ1v) is 8.98. The Kier molecular flexibility index (Phi) is 4.57. The zero-order valence-electron chi connectivity index (χ0n) is 13.8. The van der Waals surface area contributed by atoms with Gasteiger partial charge in [0.25, 0.3) is 0 Å². The summed E-state index contributed by atoms with van der Waals surface area (Å²) in [5.41, 5.74) is 1.49. The lowest BCUT2D eigenvalue weighted by Gasteiger charge is -2.19. The van der Waals surface area contributed by atoms with E-state index in [1.807, 2.05) is 5.38 Å². The van der Waals surface area contributed by atoms with Crippen LogP contribution in [0.2, 0.25) is 0 Å². The van der Waals surface area contributed by atoms with Crippen molar-refractivity contribution in [1.82, 2.24) is 19.9 Å². The van der Waals surface area contributed by atoms with Gasteiger partial charge in [-0.15, -0.1) is 11.3 Å². The minimum Gasteiger partial charge on any atom is -0.491 e. The maximum absolute atomic E-state index is 13.3. The zero-order valence-corrected chi connectivity index (χ0v) is 14.6. The van der Waals surface area contributed by atoms with E-state index in [-0.39, 0.29) is 18.1 Å². The fraction of sp³-hybridized carbons (Fsp3) is 0.222. The fourth-order valence-corrected chi connectivity index (χ4v) is 3.49. The highest BCUT2D eigenvalue weighted by Crippen LogP contribution is 2.25. The molecule has 0 unspecified atom stereocenters. The van der Waals surface area contributed by atoms with Gasteiger partial charge in [-0.1, -0.05) is 6.07 Å². The molecule has 0 N–H and O–H groups in total. The van der Waals surface area contributed by atoms with Crippen molar-refractivity contribution in [3.8, 4) is 16.6 Å². The third-order valence-electron chi connectivity index (χ3n) is 4.00. The Bertz CT molecular complexity index is 932. The van der Waals surface area contributed by atoms with E-state index in [4.69, 9.17) is 4.74 Å². The summed E-state index contributed by atoms with van der Waals surface area (Å²) >= 11 is 1.41. The molecule has 0 atom stereocenters. The molecular weight excluding hydrogens is 355 g/mol. The van der Waals surface area contributed by atoms with Gasteiger partial charge < -0.3 is 9.64 Å². The quantitative estimate of drug-likeness (QED) is 0.709. The average Bonchev–Trinajstić information content (AvgIpc) is 3.01. The van der Waals surface area contributed by atoms with Crippen LogP contribution in [-0.4, -0.2) is 38.9 Å². The number of amides is 1. The van der Waals surface area contributed by atoms with E-state index in [1.54, 1.807) is 29.4 Å². The maximum atomic E-state index is 13.3. The first-order chi connectivity index (χ1) is 12.7. The molecule has 6 nitrogen and oxygen atoms in total. The third-order valence-corrected chi connectivity index (χ3v) is 4.89. The molecule has 1 aliphatic rings. The molecular formula is C18H15FN4O2S. The van der Waals surface area contributed by atoms with Gasteiger partial charge in [0.1, 0.15) is 18.2 Å². The van der Waals surface area contributed by atoms with E-state index in [9.17, 15) is 9.18 Å². The molecule has 0 fully saturated rings. The lowest BCUT2D eigenvalue weighted by molar-refractivity contribution is -0.131. The molecule has 132 valence electrons. The molecule has 0 saturated carbocycles. The van der Waals surface area contributed by atoms with Gasteiger partial charge >= 0.3 is 0 Å². The monoisotopic (exact) mass is 370 g/mol.